The van der Waals surface area contributed by atoms with Gasteiger partial charge in [-0.05, 0) is 80.9 Å². The molecule has 0 saturated carbocycles. The first kappa shape index (κ1) is 30.8. The van der Waals surface area contributed by atoms with Crippen LogP contribution in [0.15, 0.2) is 186 Å². The van der Waals surface area contributed by atoms with E-state index in [2.05, 4.69) is 174 Å². The van der Waals surface area contributed by atoms with Crippen molar-refractivity contribution >= 4 is 82.1 Å². The Hall–Kier alpha value is -7.63. The zero-order valence-electron chi connectivity index (χ0n) is 30.0. The van der Waals surface area contributed by atoms with Gasteiger partial charge in [0.05, 0.1) is 5.52 Å². The summed E-state index contributed by atoms with van der Waals surface area (Å²) >= 11 is 0. The molecule has 0 N–H and O–H groups in total. The Bertz CT molecular complexity index is 3530. The molecule has 5 nitrogen and oxygen atoms in total. The molecule has 0 aliphatic rings. The second-order valence-corrected chi connectivity index (χ2v) is 14.5. The van der Waals surface area contributed by atoms with E-state index < -0.39 is 0 Å². The van der Waals surface area contributed by atoms with E-state index in [1.807, 2.05) is 12.1 Å². The summed E-state index contributed by atoms with van der Waals surface area (Å²) in [7, 11) is 0. The number of hydrogen-bond donors (Lipinski definition) is 0. The smallest absolute Gasteiger partial charge is 0.238 e. The normalized spacial score (nSPS) is 11.9. The van der Waals surface area contributed by atoms with Gasteiger partial charge in [-0.1, -0.05) is 140 Å². The summed E-state index contributed by atoms with van der Waals surface area (Å²) in [5.74, 6) is 1.11. The van der Waals surface area contributed by atoms with Crippen molar-refractivity contribution in [2.24, 2.45) is 0 Å². The molecule has 260 valence electrons. The van der Waals surface area contributed by atoms with Crippen LogP contribution in [0.5, 0.6) is 0 Å². The third kappa shape index (κ3) is 4.71. The fourth-order valence-corrected chi connectivity index (χ4v) is 8.52. The topological polar surface area (TPSA) is 56.2 Å². The number of rotatable bonds is 3. The van der Waals surface area contributed by atoms with Gasteiger partial charge >= 0.3 is 0 Å². The van der Waals surface area contributed by atoms with Crippen LogP contribution in [0, 0.1) is 0 Å². The molecule has 0 aliphatic carbocycles. The third-order valence-electron chi connectivity index (χ3n) is 11.2. The van der Waals surface area contributed by atoms with Crippen LogP contribution < -0.4 is 0 Å². The molecule has 0 saturated heterocycles. The molecule has 56 heavy (non-hydrogen) atoms. The largest absolute Gasteiger partial charge is 0.453 e. The first-order valence-electron chi connectivity index (χ1n) is 18.8. The van der Waals surface area contributed by atoms with Crippen molar-refractivity contribution < 1.29 is 4.42 Å². The van der Waals surface area contributed by atoms with E-state index in [0.717, 1.165) is 98.5 Å². The minimum atomic E-state index is 0.525. The highest BCUT2D eigenvalue weighted by Gasteiger charge is 2.20. The van der Waals surface area contributed by atoms with Gasteiger partial charge in [0.1, 0.15) is 11.1 Å². The van der Waals surface area contributed by atoms with Gasteiger partial charge in [-0.3, -0.25) is 4.40 Å². The van der Waals surface area contributed by atoms with Crippen molar-refractivity contribution in [1.82, 2.24) is 19.4 Å². The molecule has 5 heteroatoms. The average Bonchev–Trinajstić information content (AvgIpc) is 3.83. The van der Waals surface area contributed by atoms with Crippen molar-refractivity contribution in [3.8, 4) is 33.6 Å². The molecule has 0 aliphatic heterocycles. The molecule has 0 amide bonds. The van der Waals surface area contributed by atoms with Gasteiger partial charge in [0.2, 0.25) is 5.78 Å². The molecule has 12 aromatic rings. The SMILES string of the molecule is c1ccc(-c2cc(-c3ccccc3)cc(-c3nc4nc(n3)n3c5ccccc5c5ccc6c7cccc(c8cccc(c8)c8cccc4c8)c7oc6c53)c2)cc1. The van der Waals surface area contributed by atoms with Crippen molar-refractivity contribution in [2.75, 3.05) is 0 Å². The standard InChI is InChI=1S/C51H30N4O/c1-3-12-31(13-4-1)37-28-38(32-14-5-2-6-15-32)30-39(29-37)50-52-49-36-19-10-17-34(27-36)33-16-9-18-35(26-33)40-21-11-22-43-44-25-24-42-41-20-7-8-23-45(41)55(51(53-49)54-50)46(42)48(44)56-47(40)43/h1-30H. The minimum Gasteiger partial charge on any atom is -0.453 e. The van der Waals surface area contributed by atoms with E-state index in [0.29, 0.717) is 17.2 Å². The van der Waals surface area contributed by atoms with E-state index >= 15 is 0 Å². The summed E-state index contributed by atoms with van der Waals surface area (Å²) < 4.78 is 9.23. The van der Waals surface area contributed by atoms with Gasteiger partial charge in [0.15, 0.2) is 17.1 Å². The van der Waals surface area contributed by atoms with Crippen molar-refractivity contribution in [3.63, 3.8) is 0 Å². The second-order valence-electron chi connectivity index (χ2n) is 14.5. The molecule has 4 aromatic heterocycles. The summed E-state index contributed by atoms with van der Waals surface area (Å²) in [4.78, 5) is 16.0. The minimum absolute atomic E-state index is 0.525. The Morgan fingerprint density at radius 1 is 0.357 bits per heavy atom. The number of aromatic nitrogens is 4. The van der Waals surface area contributed by atoms with Crippen molar-refractivity contribution in [3.05, 3.63) is 182 Å². The maximum absolute atomic E-state index is 7.06. The highest BCUT2D eigenvalue weighted by atomic mass is 16.3. The fraction of sp³-hybridized carbons (Fsp3) is 0. The molecule has 0 unspecified atom stereocenters. The number of para-hydroxylation sites is 2. The fourth-order valence-electron chi connectivity index (χ4n) is 8.52. The molecular formula is C51H30N4O. The van der Waals surface area contributed by atoms with Crippen LogP contribution >= 0.6 is 0 Å². The Morgan fingerprint density at radius 2 is 0.929 bits per heavy atom. The van der Waals surface area contributed by atoms with Gasteiger partial charge in [-0.2, -0.15) is 9.97 Å². The molecule has 4 heterocycles. The van der Waals surface area contributed by atoms with Gasteiger partial charge < -0.3 is 4.42 Å². The summed E-state index contributed by atoms with van der Waals surface area (Å²) in [6, 6.07) is 64.1. The maximum atomic E-state index is 7.06. The quantitative estimate of drug-likeness (QED) is 0.183. The van der Waals surface area contributed by atoms with Crippen LogP contribution in [0.2, 0.25) is 0 Å². The number of fused-ring (bicyclic) bond motifs is 14. The van der Waals surface area contributed by atoms with Crippen LogP contribution in [-0.4, -0.2) is 19.4 Å². The average molecular weight is 715 g/mol. The third-order valence-corrected chi connectivity index (χ3v) is 11.2. The molecule has 8 aromatic carbocycles. The first-order valence-corrected chi connectivity index (χ1v) is 18.8. The lowest BCUT2D eigenvalue weighted by Crippen LogP contribution is -1.99. The maximum Gasteiger partial charge on any atom is 0.238 e. The predicted molar refractivity (Wildman–Crippen MR) is 231 cm³/mol. The van der Waals surface area contributed by atoms with Gasteiger partial charge in [-0.25, -0.2) is 4.98 Å². The first-order chi connectivity index (χ1) is 27.7. The molecule has 8 bridgehead atoms. The highest BCUT2D eigenvalue weighted by molar-refractivity contribution is 6.23. The molecule has 0 atom stereocenters. The van der Waals surface area contributed by atoms with Crippen LogP contribution in [0.25, 0.3) is 116 Å². The van der Waals surface area contributed by atoms with E-state index in [1.165, 1.54) is 0 Å². The summed E-state index contributed by atoms with van der Waals surface area (Å²) in [5.41, 5.74) is 9.48. The van der Waals surface area contributed by atoms with E-state index in [4.69, 9.17) is 19.4 Å². The predicted octanol–water partition coefficient (Wildman–Crippen LogP) is 13.4. The van der Waals surface area contributed by atoms with Crippen LogP contribution in [0.3, 0.4) is 0 Å². The molecule has 12 rings (SSSR count). The van der Waals surface area contributed by atoms with Crippen molar-refractivity contribution in [2.45, 2.75) is 0 Å². The van der Waals surface area contributed by atoms with Gasteiger partial charge in [-0.15, -0.1) is 0 Å². The van der Waals surface area contributed by atoms with Gasteiger partial charge in [0.25, 0.3) is 0 Å². The number of furan rings is 1. The lowest BCUT2D eigenvalue weighted by atomic mass is 9.96. The van der Waals surface area contributed by atoms with E-state index in [1.54, 1.807) is 0 Å². The second kappa shape index (κ2) is 11.9. The Morgan fingerprint density at radius 3 is 1.70 bits per heavy atom. The zero-order chi connectivity index (χ0) is 36.7. The lowest BCUT2D eigenvalue weighted by molar-refractivity contribution is 0.675. The zero-order valence-corrected chi connectivity index (χ0v) is 30.0. The molecule has 0 spiro atoms. The molecule has 0 radical (unpaired) electrons. The summed E-state index contributed by atoms with van der Waals surface area (Å²) in [6.07, 6.45) is 0. The lowest BCUT2D eigenvalue weighted by Gasteiger charge is -2.11. The Labute approximate surface area is 320 Å². The summed E-state index contributed by atoms with van der Waals surface area (Å²) in [5, 5.41) is 9.51. The van der Waals surface area contributed by atoms with E-state index in [-0.39, 0.29) is 0 Å². The number of benzene rings is 8. The van der Waals surface area contributed by atoms with Crippen molar-refractivity contribution in [1.29, 1.82) is 0 Å². The Balaban J connectivity index is 1.31. The van der Waals surface area contributed by atoms with Crippen LogP contribution in [-0.2, 0) is 0 Å². The van der Waals surface area contributed by atoms with Crippen LogP contribution in [0.4, 0.5) is 0 Å². The monoisotopic (exact) mass is 714 g/mol. The highest BCUT2D eigenvalue weighted by Crippen LogP contribution is 2.41. The molecule has 0 fully saturated rings. The van der Waals surface area contributed by atoms with Crippen LogP contribution in [0.1, 0.15) is 0 Å². The molecular weight excluding hydrogens is 685 g/mol. The van der Waals surface area contributed by atoms with E-state index in [9.17, 15) is 0 Å². The Kier molecular flexibility index (Phi) is 6.56. The number of hydrogen-bond acceptors (Lipinski definition) is 4. The number of nitrogens with zero attached hydrogens (tertiary/aromatic N) is 4. The summed E-state index contributed by atoms with van der Waals surface area (Å²) in [6.45, 7) is 0. The van der Waals surface area contributed by atoms with Gasteiger partial charge in [0, 0.05) is 37.9 Å².